The summed E-state index contributed by atoms with van der Waals surface area (Å²) >= 11 is 0. The van der Waals surface area contributed by atoms with Crippen molar-refractivity contribution in [3.05, 3.63) is 23.2 Å². The Morgan fingerprint density at radius 3 is 2.67 bits per heavy atom. The number of hydrogen-bond donors (Lipinski definition) is 1. The molecule has 3 nitrogen and oxygen atoms in total. The van der Waals surface area contributed by atoms with Crippen LogP contribution in [0.5, 0.6) is 0 Å². The molecule has 0 aliphatic rings. The highest BCUT2D eigenvalue weighted by Gasteiger charge is 2.13. The molecule has 1 aromatic rings. The highest BCUT2D eigenvalue weighted by Crippen LogP contribution is 2.17. The molecule has 1 aromatic heterocycles. The molecule has 0 unspecified atom stereocenters. The van der Waals surface area contributed by atoms with Crippen LogP contribution in [0.15, 0.2) is 10.5 Å². The first-order valence-corrected chi connectivity index (χ1v) is 6.27. The molecule has 1 N–H and O–H groups in total. The Morgan fingerprint density at radius 1 is 1.44 bits per heavy atom. The number of aryl methyl sites for hydroxylation is 1. The summed E-state index contributed by atoms with van der Waals surface area (Å²) in [4.78, 5) is 2.10. The van der Waals surface area contributed by atoms with Crippen molar-refractivity contribution < 1.29 is 4.42 Å². The predicted molar refractivity (Wildman–Crippen MR) is 75.2 cm³/mol. The van der Waals surface area contributed by atoms with Gasteiger partial charge in [-0.25, -0.2) is 0 Å². The van der Waals surface area contributed by atoms with Crippen LogP contribution in [-0.2, 0) is 13.1 Å². The maximum atomic E-state index is 5.75. The van der Waals surface area contributed by atoms with E-state index in [0.717, 1.165) is 24.6 Å². The van der Waals surface area contributed by atoms with E-state index >= 15 is 0 Å². The van der Waals surface area contributed by atoms with Gasteiger partial charge in [0, 0.05) is 17.6 Å². The first-order valence-electron chi connectivity index (χ1n) is 6.27. The van der Waals surface area contributed by atoms with Gasteiger partial charge in [-0.3, -0.25) is 4.90 Å². The van der Waals surface area contributed by atoms with Crippen molar-refractivity contribution in [1.82, 2.24) is 10.2 Å². The third-order valence-corrected chi connectivity index (χ3v) is 2.67. The first-order chi connectivity index (χ1) is 8.31. The highest BCUT2D eigenvalue weighted by atomic mass is 16.3. The van der Waals surface area contributed by atoms with Crippen LogP contribution in [0, 0.1) is 19.3 Å². The summed E-state index contributed by atoms with van der Waals surface area (Å²) in [5.74, 6) is 4.60. The number of furan rings is 1. The zero-order valence-electron chi connectivity index (χ0n) is 12.1. The summed E-state index contributed by atoms with van der Waals surface area (Å²) in [5, 5.41) is 3.42. The highest BCUT2D eigenvalue weighted by molar-refractivity contribution is 5.21. The van der Waals surface area contributed by atoms with Gasteiger partial charge < -0.3 is 9.73 Å². The van der Waals surface area contributed by atoms with Crippen LogP contribution >= 0.6 is 0 Å². The van der Waals surface area contributed by atoms with Crippen LogP contribution in [0.1, 0.15) is 37.9 Å². The average molecular weight is 248 g/mol. The van der Waals surface area contributed by atoms with Gasteiger partial charge in [0.15, 0.2) is 0 Å². The Labute approximate surface area is 111 Å². The molecule has 0 spiro atoms. The lowest BCUT2D eigenvalue weighted by atomic mass is 10.1. The summed E-state index contributed by atoms with van der Waals surface area (Å²) in [7, 11) is 2.01. The van der Waals surface area contributed by atoms with E-state index < -0.39 is 0 Å². The second-order valence-electron chi connectivity index (χ2n) is 5.77. The molecule has 0 radical (unpaired) electrons. The van der Waals surface area contributed by atoms with Crippen molar-refractivity contribution in [1.29, 1.82) is 0 Å². The second-order valence-corrected chi connectivity index (χ2v) is 5.77. The van der Waals surface area contributed by atoms with Crippen molar-refractivity contribution in [2.75, 3.05) is 13.6 Å². The number of hydrogen-bond acceptors (Lipinski definition) is 3. The summed E-state index contributed by atoms with van der Waals surface area (Å²) in [6.07, 6.45) is 5.30. The predicted octanol–water partition coefficient (Wildman–Crippen LogP) is 2.54. The first kappa shape index (κ1) is 14.8. The Morgan fingerprint density at radius 2 is 2.11 bits per heavy atom. The van der Waals surface area contributed by atoms with E-state index in [0.29, 0.717) is 6.54 Å². The molecule has 0 aliphatic heterocycles. The standard InChI is InChI=1S/C15H24N2O/c1-7-8-17(6)11-13-9-14(18-12(13)2)10-16-15(3,4)5/h1,9,16H,8,10-11H2,2-6H3. The van der Waals surface area contributed by atoms with Crippen molar-refractivity contribution in [2.45, 2.75) is 46.3 Å². The van der Waals surface area contributed by atoms with E-state index in [9.17, 15) is 0 Å². The van der Waals surface area contributed by atoms with Crippen molar-refractivity contribution in [3.63, 3.8) is 0 Å². The number of nitrogens with zero attached hydrogens (tertiary/aromatic N) is 1. The Kier molecular flexibility index (Phi) is 5.01. The van der Waals surface area contributed by atoms with Crippen LogP contribution in [0.25, 0.3) is 0 Å². The number of nitrogens with one attached hydrogen (secondary N) is 1. The monoisotopic (exact) mass is 248 g/mol. The molecule has 0 bridgehead atoms. The molecule has 1 heterocycles. The zero-order valence-corrected chi connectivity index (χ0v) is 12.1. The van der Waals surface area contributed by atoms with Gasteiger partial charge in [-0.15, -0.1) is 6.42 Å². The Hall–Kier alpha value is -1.24. The van der Waals surface area contributed by atoms with Crippen LogP contribution in [0.2, 0.25) is 0 Å². The molecule has 0 aliphatic carbocycles. The van der Waals surface area contributed by atoms with Gasteiger partial charge in [-0.1, -0.05) is 5.92 Å². The lowest BCUT2D eigenvalue weighted by molar-refractivity contribution is 0.362. The van der Waals surface area contributed by atoms with Crippen LogP contribution < -0.4 is 5.32 Å². The Bertz CT molecular complexity index is 421. The minimum absolute atomic E-state index is 0.0983. The van der Waals surface area contributed by atoms with Crippen LogP contribution in [0.4, 0.5) is 0 Å². The molecule has 0 fully saturated rings. The smallest absolute Gasteiger partial charge is 0.118 e. The van der Waals surface area contributed by atoms with Gasteiger partial charge in [-0.05, 0) is 40.8 Å². The summed E-state index contributed by atoms with van der Waals surface area (Å²) in [5.41, 5.74) is 1.31. The molecule has 0 amide bonds. The lowest BCUT2D eigenvalue weighted by Crippen LogP contribution is -2.34. The summed E-state index contributed by atoms with van der Waals surface area (Å²) < 4.78 is 5.75. The largest absolute Gasteiger partial charge is 0.465 e. The molecule has 100 valence electrons. The average Bonchev–Trinajstić information content (AvgIpc) is 2.56. The second kappa shape index (κ2) is 6.08. The van der Waals surface area contributed by atoms with E-state index in [1.165, 1.54) is 5.56 Å². The molecule has 18 heavy (non-hydrogen) atoms. The van der Waals surface area contributed by atoms with Crippen LogP contribution in [0.3, 0.4) is 0 Å². The molecule has 0 aromatic carbocycles. The molecular formula is C15H24N2O. The fraction of sp³-hybridized carbons (Fsp3) is 0.600. The zero-order chi connectivity index (χ0) is 13.8. The van der Waals surface area contributed by atoms with E-state index in [1.54, 1.807) is 0 Å². The molecular weight excluding hydrogens is 224 g/mol. The van der Waals surface area contributed by atoms with E-state index in [1.807, 2.05) is 14.0 Å². The van der Waals surface area contributed by atoms with Crippen molar-refractivity contribution in [3.8, 4) is 12.3 Å². The van der Waals surface area contributed by atoms with Crippen molar-refractivity contribution >= 4 is 0 Å². The minimum atomic E-state index is 0.0983. The fourth-order valence-electron chi connectivity index (χ4n) is 1.69. The molecule has 3 heteroatoms. The maximum Gasteiger partial charge on any atom is 0.118 e. The molecule has 0 saturated heterocycles. The maximum absolute atomic E-state index is 5.75. The van der Waals surface area contributed by atoms with Gasteiger partial charge in [0.1, 0.15) is 11.5 Å². The van der Waals surface area contributed by atoms with E-state index in [-0.39, 0.29) is 5.54 Å². The normalized spacial score (nSPS) is 11.8. The molecule has 1 rings (SSSR count). The summed E-state index contributed by atoms with van der Waals surface area (Å²) in [6, 6.07) is 2.11. The third kappa shape index (κ3) is 4.95. The van der Waals surface area contributed by atoms with Gasteiger partial charge in [0.2, 0.25) is 0 Å². The van der Waals surface area contributed by atoms with Crippen molar-refractivity contribution in [2.24, 2.45) is 0 Å². The topological polar surface area (TPSA) is 28.4 Å². The van der Waals surface area contributed by atoms with Gasteiger partial charge >= 0.3 is 0 Å². The number of terminal acetylenes is 1. The molecule has 0 atom stereocenters. The lowest BCUT2D eigenvalue weighted by Gasteiger charge is -2.19. The fourth-order valence-corrected chi connectivity index (χ4v) is 1.69. The summed E-state index contributed by atoms with van der Waals surface area (Å²) in [6.45, 7) is 10.7. The molecule has 0 saturated carbocycles. The van der Waals surface area contributed by atoms with Gasteiger partial charge in [0.25, 0.3) is 0 Å². The number of rotatable bonds is 5. The van der Waals surface area contributed by atoms with Gasteiger partial charge in [0.05, 0.1) is 13.1 Å². The SMILES string of the molecule is C#CCN(C)Cc1cc(CNC(C)(C)C)oc1C. The van der Waals surface area contributed by atoms with E-state index in [4.69, 9.17) is 10.8 Å². The third-order valence-electron chi connectivity index (χ3n) is 2.67. The Balaban J connectivity index is 2.62. The van der Waals surface area contributed by atoms with Crippen LogP contribution in [-0.4, -0.2) is 24.0 Å². The minimum Gasteiger partial charge on any atom is -0.465 e. The van der Waals surface area contributed by atoms with Gasteiger partial charge in [-0.2, -0.15) is 0 Å². The quantitative estimate of drug-likeness (QED) is 0.812. The van der Waals surface area contributed by atoms with E-state index in [2.05, 4.69) is 43.0 Å².